The molecule has 12 heavy (non-hydrogen) atoms. The zero-order valence-corrected chi connectivity index (χ0v) is 7.80. The SMILES string of the molecule is C=C(CCC/C=C/C)C(=O)OC. The number of allylic oxidation sites excluding steroid dienone is 2. The van der Waals surface area contributed by atoms with Crippen molar-refractivity contribution in [3.8, 4) is 0 Å². The maximum absolute atomic E-state index is 10.8. The topological polar surface area (TPSA) is 26.3 Å². The molecular weight excluding hydrogens is 152 g/mol. The summed E-state index contributed by atoms with van der Waals surface area (Å²) in [5.41, 5.74) is 0.557. The highest BCUT2D eigenvalue weighted by atomic mass is 16.5. The van der Waals surface area contributed by atoms with Gasteiger partial charge in [-0.3, -0.25) is 0 Å². The van der Waals surface area contributed by atoms with Crippen LogP contribution in [0.25, 0.3) is 0 Å². The lowest BCUT2D eigenvalue weighted by molar-refractivity contribution is -0.136. The maximum atomic E-state index is 10.8. The van der Waals surface area contributed by atoms with Crippen molar-refractivity contribution >= 4 is 5.97 Å². The van der Waals surface area contributed by atoms with Gasteiger partial charge in [-0.2, -0.15) is 0 Å². The van der Waals surface area contributed by atoms with Crippen molar-refractivity contribution in [1.82, 2.24) is 0 Å². The molecule has 0 saturated heterocycles. The fourth-order valence-corrected chi connectivity index (χ4v) is 0.846. The standard InChI is InChI=1S/C10H16O2/c1-4-5-6-7-8-9(2)10(11)12-3/h4-5H,2,6-8H2,1,3H3/b5-4+. The minimum absolute atomic E-state index is 0.296. The van der Waals surface area contributed by atoms with Crippen molar-refractivity contribution < 1.29 is 9.53 Å². The smallest absolute Gasteiger partial charge is 0.333 e. The Balaban J connectivity index is 3.51. The first-order valence-corrected chi connectivity index (χ1v) is 4.09. The van der Waals surface area contributed by atoms with Crippen LogP contribution in [0.1, 0.15) is 26.2 Å². The molecule has 0 aromatic carbocycles. The van der Waals surface area contributed by atoms with E-state index >= 15 is 0 Å². The van der Waals surface area contributed by atoms with Gasteiger partial charge in [-0.05, 0) is 26.2 Å². The average Bonchev–Trinajstić information content (AvgIpc) is 2.10. The molecule has 0 saturated carbocycles. The zero-order valence-electron chi connectivity index (χ0n) is 7.80. The number of carbonyl (C=O) groups is 1. The van der Waals surface area contributed by atoms with Crippen LogP contribution in [0, 0.1) is 0 Å². The molecule has 0 rings (SSSR count). The van der Waals surface area contributed by atoms with Crippen molar-refractivity contribution in [2.45, 2.75) is 26.2 Å². The normalized spacial score (nSPS) is 10.2. The highest BCUT2D eigenvalue weighted by molar-refractivity contribution is 5.87. The summed E-state index contributed by atoms with van der Waals surface area (Å²) in [6.45, 7) is 5.61. The molecule has 0 aromatic rings. The van der Waals surface area contributed by atoms with Crippen LogP contribution in [0.5, 0.6) is 0 Å². The van der Waals surface area contributed by atoms with Crippen molar-refractivity contribution in [3.05, 3.63) is 24.3 Å². The van der Waals surface area contributed by atoms with Crippen LogP contribution < -0.4 is 0 Å². The van der Waals surface area contributed by atoms with Crippen LogP contribution >= 0.6 is 0 Å². The summed E-state index contributed by atoms with van der Waals surface area (Å²) >= 11 is 0. The molecule has 2 nitrogen and oxygen atoms in total. The van der Waals surface area contributed by atoms with E-state index in [2.05, 4.69) is 17.4 Å². The molecule has 0 radical (unpaired) electrons. The van der Waals surface area contributed by atoms with E-state index in [1.54, 1.807) is 0 Å². The van der Waals surface area contributed by atoms with Crippen molar-refractivity contribution in [2.24, 2.45) is 0 Å². The monoisotopic (exact) mass is 168 g/mol. The lowest BCUT2D eigenvalue weighted by atomic mass is 10.1. The quantitative estimate of drug-likeness (QED) is 0.273. The van der Waals surface area contributed by atoms with Crippen LogP contribution in [0.15, 0.2) is 24.3 Å². The number of hydrogen-bond acceptors (Lipinski definition) is 2. The van der Waals surface area contributed by atoms with Gasteiger partial charge in [-0.1, -0.05) is 18.7 Å². The van der Waals surface area contributed by atoms with Gasteiger partial charge in [0.2, 0.25) is 0 Å². The molecule has 0 fully saturated rings. The van der Waals surface area contributed by atoms with Gasteiger partial charge in [0.05, 0.1) is 7.11 Å². The van der Waals surface area contributed by atoms with Gasteiger partial charge in [0, 0.05) is 5.57 Å². The Bertz CT molecular complexity index is 180. The molecule has 0 aliphatic heterocycles. The van der Waals surface area contributed by atoms with Gasteiger partial charge < -0.3 is 4.74 Å². The second-order valence-corrected chi connectivity index (χ2v) is 2.56. The third-order valence-electron chi connectivity index (χ3n) is 1.56. The Morgan fingerprint density at radius 1 is 1.58 bits per heavy atom. The van der Waals surface area contributed by atoms with E-state index in [1.165, 1.54) is 7.11 Å². The van der Waals surface area contributed by atoms with Gasteiger partial charge in [-0.15, -0.1) is 0 Å². The number of rotatable bonds is 5. The molecule has 0 spiro atoms. The summed E-state index contributed by atoms with van der Waals surface area (Å²) in [4.78, 5) is 10.8. The van der Waals surface area contributed by atoms with Gasteiger partial charge in [0.15, 0.2) is 0 Å². The summed E-state index contributed by atoms with van der Waals surface area (Å²) in [6, 6.07) is 0. The molecule has 0 atom stereocenters. The predicted octanol–water partition coefficient (Wildman–Crippen LogP) is 2.46. The van der Waals surface area contributed by atoms with Gasteiger partial charge in [0.25, 0.3) is 0 Å². The molecule has 0 aliphatic rings. The third kappa shape index (κ3) is 4.72. The first kappa shape index (κ1) is 11.0. The van der Waals surface area contributed by atoms with Crippen LogP contribution in [0.2, 0.25) is 0 Å². The number of methoxy groups -OCH3 is 1. The summed E-state index contributed by atoms with van der Waals surface area (Å²) in [5, 5.41) is 0. The van der Waals surface area contributed by atoms with E-state index in [9.17, 15) is 4.79 Å². The summed E-state index contributed by atoms with van der Waals surface area (Å²) in [7, 11) is 1.37. The Morgan fingerprint density at radius 3 is 2.75 bits per heavy atom. The summed E-state index contributed by atoms with van der Waals surface area (Å²) in [5.74, 6) is -0.296. The summed E-state index contributed by atoms with van der Waals surface area (Å²) < 4.78 is 4.51. The van der Waals surface area contributed by atoms with Crippen molar-refractivity contribution in [1.29, 1.82) is 0 Å². The van der Waals surface area contributed by atoms with E-state index < -0.39 is 0 Å². The molecule has 0 aliphatic carbocycles. The highest BCUT2D eigenvalue weighted by Crippen LogP contribution is 2.06. The lowest BCUT2D eigenvalue weighted by Crippen LogP contribution is -2.02. The molecular formula is C10H16O2. The van der Waals surface area contributed by atoms with Crippen LogP contribution in [-0.4, -0.2) is 13.1 Å². The fourth-order valence-electron chi connectivity index (χ4n) is 0.846. The Morgan fingerprint density at radius 2 is 2.25 bits per heavy atom. The van der Waals surface area contributed by atoms with Gasteiger partial charge in [0.1, 0.15) is 0 Å². The maximum Gasteiger partial charge on any atom is 0.333 e. The number of hydrogen-bond donors (Lipinski definition) is 0. The van der Waals surface area contributed by atoms with Crippen LogP contribution in [0.3, 0.4) is 0 Å². The Hall–Kier alpha value is -1.05. The van der Waals surface area contributed by atoms with E-state index in [1.807, 2.05) is 13.0 Å². The van der Waals surface area contributed by atoms with E-state index in [0.717, 1.165) is 19.3 Å². The largest absolute Gasteiger partial charge is 0.466 e. The van der Waals surface area contributed by atoms with Gasteiger partial charge in [-0.25, -0.2) is 4.79 Å². The second kappa shape index (κ2) is 6.65. The molecule has 0 unspecified atom stereocenters. The van der Waals surface area contributed by atoms with Crippen molar-refractivity contribution in [3.63, 3.8) is 0 Å². The Kier molecular flexibility index (Phi) is 6.07. The second-order valence-electron chi connectivity index (χ2n) is 2.56. The number of ether oxygens (including phenoxy) is 1. The van der Waals surface area contributed by atoms with E-state index in [0.29, 0.717) is 5.57 Å². The number of esters is 1. The predicted molar refractivity (Wildman–Crippen MR) is 49.8 cm³/mol. The fraction of sp³-hybridized carbons (Fsp3) is 0.500. The first-order chi connectivity index (χ1) is 5.72. The van der Waals surface area contributed by atoms with E-state index in [-0.39, 0.29) is 5.97 Å². The molecule has 2 heteroatoms. The number of unbranched alkanes of at least 4 members (excludes halogenated alkanes) is 1. The molecule has 0 amide bonds. The van der Waals surface area contributed by atoms with Crippen molar-refractivity contribution in [2.75, 3.05) is 7.11 Å². The number of carbonyl (C=O) groups excluding carboxylic acids is 1. The first-order valence-electron chi connectivity index (χ1n) is 4.09. The summed E-state index contributed by atoms with van der Waals surface area (Å²) in [6.07, 6.45) is 6.74. The van der Waals surface area contributed by atoms with Gasteiger partial charge >= 0.3 is 5.97 Å². The molecule has 0 aromatic heterocycles. The molecule has 0 heterocycles. The molecule has 0 N–H and O–H groups in total. The highest BCUT2D eigenvalue weighted by Gasteiger charge is 2.04. The zero-order chi connectivity index (χ0) is 9.40. The minimum atomic E-state index is -0.296. The van der Waals surface area contributed by atoms with E-state index in [4.69, 9.17) is 0 Å². The lowest BCUT2D eigenvalue weighted by Gasteiger charge is -2.00. The molecule has 68 valence electrons. The minimum Gasteiger partial charge on any atom is -0.466 e. The average molecular weight is 168 g/mol. The molecule has 0 bridgehead atoms. The van der Waals surface area contributed by atoms with Crippen LogP contribution in [-0.2, 0) is 9.53 Å². The Labute approximate surface area is 73.9 Å². The van der Waals surface area contributed by atoms with Crippen LogP contribution in [0.4, 0.5) is 0 Å². The third-order valence-corrected chi connectivity index (χ3v) is 1.56.